The summed E-state index contributed by atoms with van der Waals surface area (Å²) in [4.78, 5) is 11.3. The highest BCUT2D eigenvalue weighted by Gasteiger charge is 2.21. The SMILES string of the molecule is O=C(O)c1ccc2c(C3CCCCC3)cccc2c1OI. The molecule has 0 aromatic heterocycles. The zero-order valence-electron chi connectivity index (χ0n) is 11.6. The van der Waals surface area contributed by atoms with Crippen LogP contribution in [-0.2, 0) is 0 Å². The van der Waals surface area contributed by atoms with Gasteiger partial charge in [0.2, 0.25) is 0 Å². The fraction of sp³-hybridized carbons (Fsp3) is 0.353. The Morgan fingerprint density at radius 3 is 2.52 bits per heavy atom. The molecule has 0 unspecified atom stereocenters. The quantitative estimate of drug-likeness (QED) is 0.715. The Bertz CT molecular complexity index is 675. The minimum Gasteiger partial charge on any atom is -0.478 e. The largest absolute Gasteiger partial charge is 0.478 e. The molecule has 1 aliphatic carbocycles. The lowest BCUT2D eigenvalue weighted by atomic mass is 9.82. The summed E-state index contributed by atoms with van der Waals surface area (Å²) in [7, 11) is 0. The average Bonchev–Trinajstić information content (AvgIpc) is 2.53. The molecule has 1 fully saturated rings. The smallest absolute Gasteiger partial charge is 0.339 e. The predicted octanol–water partition coefficient (Wildman–Crippen LogP) is 5.31. The van der Waals surface area contributed by atoms with Crippen molar-refractivity contribution >= 4 is 39.7 Å². The van der Waals surface area contributed by atoms with Crippen LogP contribution in [0.25, 0.3) is 10.8 Å². The van der Waals surface area contributed by atoms with E-state index in [1.807, 2.05) is 18.2 Å². The third-order valence-electron chi connectivity index (χ3n) is 4.40. The first-order valence-corrected chi connectivity index (χ1v) is 8.18. The summed E-state index contributed by atoms with van der Waals surface area (Å²) >= 11 is 1.76. The molecule has 1 N–H and O–H groups in total. The molecule has 1 saturated carbocycles. The Balaban J connectivity index is 2.17. The summed E-state index contributed by atoms with van der Waals surface area (Å²) in [6.45, 7) is 0. The maximum atomic E-state index is 11.3. The van der Waals surface area contributed by atoms with Crippen LogP contribution in [0.4, 0.5) is 0 Å². The van der Waals surface area contributed by atoms with Gasteiger partial charge in [0, 0.05) is 5.39 Å². The van der Waals surface area contributed by atoms with Crippen LogP contribution >= 0.6 is 23.0 Å². The third-order valence-corrected chi connectivity index (χ3v) is 4.84. The van der Waals surface area contributed by atoms with Crippen molar-refractivity contribution < 1.29 is 13.0 Å². The van der Waals surface area contributed by atoms with Gasteiger partial charge < -0.3 is 8.17 Å². The van der Waals surface area contributed by atoms with E-state index < -0.39 is 5.97 Å². The van der Waals surface area contributed by atoms with Crippen LogP contribution in [0.1, 0.15) is 53.9 Å². The van der Waals surface area contributed by atoms with Gasteiger partial charge in [0.15, 0.2) is 28.8 Å². The minimum atomic E-state index is -0.952. The first-order valence-electron chi connectivity index (χ1n) is 7.30. The van der Waals surface area contributed by atoms with Crippen LogP contribution in [0.15, 0.2) is 30.3 Å². The molecule has 1 aliphatic rings. The van der Waals surface area contributed by atoms with Crippen molar-refractivity contribution in [2.24, 2.45) is 0 Å². The van der Waals surface area contributed by atoms with Crippen molar-refractivity contribution in [2.45, 2.75) is 38.0 Å². The fourth-order valence-corrected chi connectivity index (χ4v) is 3.85. The molecule has 3 nitrogen and oxygen atoms in total. The van der Waals surface area contributed by atoms with E-state index in [1.165, 1.54) is 37.7 Å². The molecule has 3 rings (SSSR count). The van der Waals surface area contributed by atoms with Gasteiger partial charge in [-0.25, -0.2) is 4.79 Å². The molecular formula is C17H17IO3. The molecule has 0 radical (unpaired) electrons. The fourth-order valence-electron chi connectivity index (χ4n) is 3.38. The molecule has 0 atom stereocenters. The molecule has 0 bridgehead atoms. The molecule has 110 valence electrons. The first kappa shape index (κ1) is 14.6. The van der Waals surface area contributed by atoms with Gasteiger partial charge in [0.25, 0.3) is 0 Å². The van der Waals surface area contributed by atoms with Crippen molar-refractivity contribution in [3.05, 3.63) is 41.5 Å². The maximum absolute atomic E-state index is 11.3. The van der Waals surface area contributed by atoms with E-state index in [0.29, 0.717) is 11.7 Å². The predicted molar refractivity (Wildman–Crippen MR) is 91.4 cm³/mol. The molecule has 0 amide bonds. The highest BCUT2D eigenvalue weighted by atomic mass is 127. The van der Waals surface area contributed by atoms with Crippen molar-refractivity contribution in [1.82, 2.24) is 0 Å². The van der Waals surface area contributed by atoms with E-state index in [9.17, 15) is 9.90 Å². The van der Waals surface area contributed by atoms with Crippen molar-refractivity contribution in [3.8, 4) is 5.75 Å². The standard InChI is InChI=1S/C17H17IO3/c18-21-16-14-8-4-7-12(11-5-2-1-3-6-11)13(14)9-10-15(16)17(19)20/h4,7-11H,1-3,5-6H2,(H,19,20). The number of carboxylic acids is 1. The highest BCUT2D eigenvalue weighted by molar-refractivity contribution is 14.1. The second-order valence-corrected chi connectivity index (χ2v) is 6.04. The van der Waals surface area contributed by atoms with Crippen molar-refractivity contribution in [3.63, 3.8) is 0 Å². The van der Waals surface area contributed by atoms with E-state index >= 15 is 0 Å². The maximum Gasteiger partial charge on any atom is 0.339 e. The van der Waals surface area contributed by atoms with Crippen molar-refractivity contribution in [1.29, 1.82) is 0 Å². The number of rotatable bonds is 3. The average molecular weight is 396 g/mol. The lowest BCUT2D eigenvalue weighted by Gasteiger charge is -2.23. The van der Waals surface area contributed by atoms with E-state index in [1.54, 1.807) is 29.1 Å². The van der Waals surface area contributed by atoms with Crippen LogP contribution in [0, 0.1) is 0 Å². The molecule has 0 aliphatic heterocycles. The lowest BCUT2D eigenvalue weighted by molar-refractivity contribution is 0.0695. The van der Waals surface area contributed by atoms with Gasteiger partial charge in [0.1, 0.15) is 5.56 Å². The lowest BCUT2D eigenvalue weighted by Crippen LogP contribution is -2.06. The number of fused-ring (bicyclic) bond motifs is 1. The Hall–Kier alpha value is -1.30. The van der Waals surface area contributed by atoms with Crippen LogP contribution in [0.3, 0.4) is 0 Å². The summed E-state index contributed by atoms with van der Waals surface area (Å²) in [5, 5.41) is 11.3. The normalized spacial score (nSPS) is 16.0. The summed E-state index contributed by atoms with van der Waals surface area (Å²) in [6.07, 6.45) is 6.33. The highest BCUT2D eigenvalue weighted by Crippen LogP contribution is 2.40. The Kier molecular flexibility index (Phi) is 4.33. The number of hydrogen-bond donors (Lipinski definition) is 1. The molecule has 0 heterocycles. The Morgan fingerprint density at radius 1 is 1.10 bits per heavy atom. The summed E-state index contributed by atoms with van der Waals surface area (Å²) in [6, 6.07) is 9.72. The second kappa shape index (κ2) is 6.22. The monoisotopic (exact) mass is 396 g/mol. The minimum absolute atomic E-state index is 0.220. The van der Waals surface area contributed by atoms with Crippen molar-refractivity contribution in [2.75, 3.05) is 0 Å². The number of carbonyl (C=O) groups is 1. The van der Waals surface area contributed by atoms with Gasteiger partial charge >= 0.3 is 5.97 Å². The Morgan fingerprint density at radius 2 is 1.86 bits per heavy atom. The van der Waals surface area contributed by atoms with Gasteiger partial charge in [0.05, 0.1) is 0 Å². The number of aromatic carboxylic acids is 1. The molecule has 2 aromatic rings. The van der Waals surface area contributed by atoms with Crippen LogP contribution in [0.5, 0.6) is 5.75 Å². The van der Waals surface area contributed by atoms with E-state index in [-0.39, 0.29) is 5.56 Å². The van der Waals surface area contributed by atoms with Gasteiger partial charge in [-0.15, -0.1) is 0 Å². The Labute approximate surface area is 138 Å². The van der Waals surface area contributed by atoms with E-state index in [4.69, 9.17) is 3.07 Å². The number of benzene rings is 2. The van der Waals surface area contributed by atoms with Gasteiger partial charge in [-0.3, -0.25) is 0 Å². The molecule has 4 heteroatoms. The topological polar surface area (TPSA) is 46.5 Å². The van der Waals surface area contributed by atoms with Gasteiger partial charge in [-0.1, -0.05) is 43.5 Å². The molecule has 2 aromatic carbocycles. The number of carboxylic acid groups (broad SMARTS) is 1. The number of halogens is 1. The van der Waals surface area contributed by atoms with Crippen LogP contribution in [0.2, 0.25) is 0 Å². The van der Waals surface area contributed by atoms with Gasteiger partial charge in [-0.05, 0) is 35.8 Å². The van der Waals surface area contributed by atoms with Crippen LogP contribution < -0.4 is 3.07 Å². The summed E-state index contributed by atoms with van der Waals surface area (Å²) < 4.78 is 5.35. The molecular weight excluding hydrogens is 379 g/mol. The first-order chi connectivity index (χ1) is 10.2. The molecule has 0 spiro atoms. The summed E-state index contributed by atoms with van der Waals surface area (Å²) in [5.74, 6) is 0.0880. The zero-order chi connectivity index (χ0) is 14.8. The molecule has 0 saturated heterocycles. The summed E-state index contributed by atoms with van der Waals surface area (Å²) in [5.41, 5.74) is 1.55. The second-order valence-electron chi connectivity index (χ2n) is 5.60. The van der Waals surface area contributed by atoms with Gasteiger partial charge in [-0.2, -0.15) is 0 Å². The van der Waals surface area contributed by atoms with E-state index in [2.05, 4.69) is 6.07 Å². The number of hydrogen-bond acceptors (Lipinski definition) is 2. The van der Waals surface area contributed by atoms with Crippen LogP contribution in [-0.4, -0.2) is 11.1 Å². The van der Waals surface area contributed by atoms with E-state index in [0.717, 1.165) is 10.8 Å². The zero-order valence-corrected chi connectivity index (χ0v) is 13.8. The third kappa shape index (κ3) is 2.73. The molecule has 21 heavy (non-hydrogen) atoms.